The van der Waals surface area contributed by atoms with Gasteiger partial charge in [-0.25, -0.2) is 0 Å². The highest BCUT2D eigenvalue weighted by Gasteiger charge is 2.68. The molecule has 0 aromatic carbocycles. The van der Waals surface area contributed by atoms with E-state index in [2.05, 4.69) is 29.1 Å². The SMILES string of the molecule is CN1CCCN(C(=O)C2(C)CC23CCNCC3)CC1. The van der Waals surface area contributed by atoms with Gasteiger partial charge in [-0.05, 0) is 57.8 Å². The molecule has 1 amide bonds. The third-order valence-corrected chi connectivity index (χ3v) is 5.78. The summed E-state index contributed by atoms with van der Waals surface area (Å²) in [5.41, 5.74) is 0.269. The van der Waals surface area contributed by atoms with Crippen molar-refractivity contribution in [3.05, 3.63) is 0 Å². The van der Waals surface area contributed by atoms with E-state index in [1.54, 1.807) is 0 Å². The van der Waals surface area contributed by atoms with Crippen LogP contribution in [-0.4, -0.2) is 62.0 Å². The van der Waals surface area contributed by atoms with E-state index in [0.717, 1.165) is 52.1 Å². The first kappa shape index (κ1) is 13.4. The maximum atomic E-state index is 12.9. The zero-order chi connectivity index (χ0) is 13.5. The van der Waals surface area contributed by atoms with Crippen LogP contribution in [-0.2, 0) is 4.79 Å². The topological polar surface area (TPSA) is 35.6 Å². The standard InChI is InChI=1S/C15H27N3O/c1-14(12-15(14)4-6-16-7-5-15)13(19)18-9-3-8-17(2)10-11-18/h16H,3-12H2,1-2H3. The summed E-state index contributed by atoms with van der Waals surface area (Å²) in [4.78, 5) is 17.4. The van der Waals surface area contributed by atoms with Crippen LogP contribution in [0.5, 0.6) is 0 Å². The van der Waals surface area contributed by atoms with Crippen molar-refractivity contribution in [3.63, 3.8) is 0 Å². The summed E-state index contributed by atoms with van der Waals surface area (Å²) in [6.07, 6.45) is 4.60. The zero-order valence-corrected chi connectivity index (χ0v) is 12.4. The van der Waals surface area contributed by atoms with Crippen molar-refractivity contribution in [2.45, 2.75) is 32.6 Å². The smallest absolute Gasteiger partial charge is 0.229 e. The molecule has 3 fully saturated rings. The second-order valence-corrected chi connectivity index (χ2v) is 6.99. The van der Waals surface area contributed by atoms with E-state index in [4.69, 9.17) is 0 Å². The Bertz CT molecular complexity index is 364. The highest BCUT2D eigenvalue weighted by atomic mass is 16.2. The van der Waals surface area contributed by atoms with E-state index in [1.165, 1.54) is 12.8 Å². The molecular weight excluding hydrogens is 238 g/mol. The maximum absolute atomic E-state index is 12.9. The average Bonchev–Trinajstić information content (AvgIpc) is 3.05. The number of rotatable bonds is 1. The highest BCUT2D eigenvalue weighted by Crippen LogP contribution is 2.68. The van der Waals surface area contributed by atoms with Gasteiger partial charge in [0.05, 0.1) is 5.41 Å². The van der Waals surface area contributed by atoms with Gasteiger partial charge in [-0.15, -0.1) is 0 Å². The number of amides is 1. The molecule has 108 valence electrons. The van der Waals surface area contributed by atoms with Crippen molar-refractivity contribution in [1.29, 1.82) is 0 Å². The van der Waals surface area contributed by atoms with Gasteiger partial charge >= 0.3 is 0 Å². The minimum atomic E-state index is -0.0575. The minimum Gasteiger partial charge on any atom is -0.341 e. The van der Waals surface area contributed by atoms with E-state index in [0.29, 0.717) is 11.3 Å². The Kier molecular flexibility index (Phi) is 3.34. The molecule has 2 heterocycles. The predicted octanol–water partition coefficient (Wildman–Crippen LogP) is 0.930. The van der Waals surface area contributed by atoms with Gasteiger partial charge in [0.1, 0.15) is 0 Å². The van der Waals surface area contributed by atoms with Crippen molar-refractivity contribution < 1.29 is 4.79 Å². The van der Waals surface area contributed by atoms with Gasteiger partial charge in [-0.1, -0.05) is 6.92 Å². The van der Waals surface area contributed by atoms with E-state index >= 15 is 0 Å². The van der Waals surface area contributed by atoms with Crippen molar-refractivity contribution >= 4 is 5.91 Å². The van der Waals surface area contributed by atoms with Gasteiger partial charge < -0.3 is 15.1 Å². The molecule has 2 aliphatic heterocycles. The summed E-state index contributed by atoms with van der Waals surface area (Å²) in [7, 11) is 2.15. The highest BCUT2D eigenvalue weighted by molar-refractivity contribution is 5.86. The molecule has 0 bridgehead atoms. The van der Waals surface area contributed by atoms with Gasteiger partial charge in [0.25, 0.3) is 0 Å². The number of nitrogens with zero attached hydrogens (tertiary/aromatic N) is 2. The molecule has 0 aromatic rings. The van der Waals surface area contributed by atoms with Crippen LogP contribution >= 0.6 is 0 Å². The second-order valence-electron chi connectivity index (χ2n) is 6.99. The summed E-state index contributed by atoms with van der Waals surface area (Å²) in [6, 6.07) is 0. The van der Waals surface area contributed by atoms with Crippen LogP contribution < -0.4 is 5.32 Å². The first-order valence-electron chi connectivity index (χ1n) is 7.76. The van der Waals surface area contributed by atoms with E-state index < -0.39 is 0 Å². The van der Waals surface area contributed by atoms with Crippen molar-refractivity contribution in [2.75, 3.05) is 46.3 Å². The molecular formula is C15H27N3O. The molecule has 4 heteroatoms. The van der Waals surface area contributed by atoms with Gasteiger partial charge in [-0.2, -0.15) is 0 Å². The number of nitrogens with one attached hydrogen (secondary N) is 1. The van der Waals surface area contributed by atoms with Crippen molar-refractivity contribution in [2.24, 2.45) is 10.8 Å². The Balaban J connectivity index is 1.67. The quantitative estimate of drug-likeness (QED) is 0.766. The molecule has 1 spiro atoms. The molecule has 2 saturated heterocycles. The van der Waals surface area contributed by atoms with Crippen LogP contribution in [0.25, 0.3) is 0 Å². The Morgan fingerprint density at radius 1 is 1.11 bits per heavy atom. The molecule has 1 N–H and O–H groups in total. The van der Waals surface area contributed by atoms with E-state index in [1.807, 2.05) is 0 Å². The average molecular weight is 265 g/mol. The van der Waals surface area contributed by atoms with E-state index in [9.17, 15) is 4.79 Å². The first-order chi connectivity index (χ1) is 9.07. The summed E-state index contributed by atoms with van der Waals surface area (Å²) in [5, 5.41) is 3.42. The molecule has 1 unspecified atom stereocenters. The lowest BCUT2D eigenvalue weighted by atomic mass is 9.85. The lowest BCUT2D eigenvalue weighted by Crippen LogP contribution is -2.42. The first-order valence-corrected chi connectivity index (χ1v) is 7.76. The number of carbonyl (C=O) groups is 1. The second kappa shape index (κ2) is 4.74. The number of carbonyl (C=O) groups excluding carboxylic acids is 1. The molecule has 3 aliphatic rings. The largest absolute Gasteiger partial charge is 0.341 e. The predicted molar refractivity (Wildman–Crippen MR) is 76.0 cm³/mol. The zero-order valence-electron chi connectivity index (χ0n) is 12.4. The van der Waals surface area contributed by atoms with Crippen LogP contribution in [0.2, 0.25) is 0 Å². The summed E-state index contributed by atoms with van der Waals surface area (Å²) < 4.78 is 0. The van der Waals surface area contributed by atoms with Crippen LogP contribution in [0.3, 0.4) is 0 Å². The minimum absolute atomic E-state index is 0.0575. The molecule has 19 heavy (non-hydrogen) atoms. The molecule has 4 nitrogen and oxygen atoms in total. The normalized spacial score (nSPS) is 35.2. The summed E-state index contributed by atoms with van der Waals surface area (Å²) in [6.45, 7) is 8.41. The maximum Gasteiger partial charge on any atom is 0.229 e. The van der Waals surface area contributed by atoms with Crippen LogP contribution in [0.15, 0.2) is 0 Å². The van der Waals surface area contributed by atoms with Crippen LogP contribution in [0, 0.1) is 10.8 Å². The lowest BCUT2D eigenvalue weighted by molar-refractivity contribution is -0.138. The summed E-state index contributed by atoms with van der Waals surface area (Å²) in [5.74, 6) is 0.435. The Labute approximate surface area is 116 Å². The van der Waals surface area contributed by atoms with Crippen molar-refractivity contribution in [3.8, 4) is 0 Å². The monoisotopic (exact) mass is 265 g/mol. The molecule has 1 atom stereocenters. The van der Waals surface area contributed by atoms with Crippen molar-refractivity contribution in [1.82, 2.24) is 15.1 Å². The van der Waals surface area contributed by atoms with Crippen LogP contribution in [0.4, 0.5) is 0 Å². The number of piperidine rings is 1. The van der Waals surface area contributed by atoms with Gasteiger partial charge in [0.15, 0.2) is 0 Å². The number of hydrogen-bond acceptors (Lipinski definition) is 3. The Hall–Kier alpha value is -0.610. The fourth-order valence-electron chi connectivity index (χ4n) is 4.17. The third kappa shape index (κ3) is 2.19. The molecule has 0 radical (unpaired) electrons. The molecule has 1 aliphatic carbocycles. The molecule has 1 saturated carbocycles. The number of likely N-dealkylation sites (N-methyl/N-ethyl adjacent to an activating group) is 1. The van der Waals surface area contributed by atoms with E-state index in [-0.39, 0.29) is 5.41 Å². The Morgan fingerprint density at radius 3 is 2.58 bits per heavy atom. The van der Waals surface area contributed by atoms with Gasteiger partial charge in [-0.3, -0.25) is 4.79 Å². The number of hydrogen-bond donors (Lipinski definition) is 1. The molecule has 3 rings (SSSR count). The van der Waals surface area contributed by atoms with Gasteiger partial charge in [0, 0.05) is 19.6 Å². The molecule has 0 aromatic heterocycles. The van der Waals surface area contributed by atoms with Gasteiger partial charge in [0.2, 0.25) is 5.91 Å². The fraction of sp³-hybridized carbons (Fsp3) is 0.933. The van der Waals surface area contributed by atoms with Crippen LogP contribution in [0.1, 0.15) is 32.6 Å². The Morgan fingerprint density at radius 2 is 1.84 bits per heavy atom. The third-order valence-electron chi connectivity index (χ3n) is 5.78. The fourth-order valence-corrected chi connectivity index (χ4v) is 4.17. The summed E-state index contributed by atoms with van der Waals surface area (Å²) >= 11 is 0. The lowest BCUT2D eigenvalue weighted by Gasteiger charge is -2.31.